The number of likely N-dealkylation sites (tertiary alicyclic amines) is 1. The first-order valence-corrected chi connectivity index (χ1v) is 9.95. The van der Waals surface area contributed by atoms with Crippen molar-refractivity contribution in [3.63, 3.8) is 0 Å². The van der Waals surface area contributed by atoms with Gasteiger partial charge in [-0.15, -0.1) is 0 Å². The van der Waals surface area contributed by atoms with Crippen LogP contribution in [0.3, 0.4) is 0 Å². The minimum Gasteiger partial charge on any atom is -0.359 e. The average molecular weight is 361 g/mol. The van der Waals surface area contributed by atoms with E-state index in [-0.39, 0.29) is 23.1 Å². The lowest BCUT2D eigenvalue weighted by molar-refractivity contribution is -0.144. The molecule has 1 aliphatic carbocycles. The van der Waals surface area contributed by atoms with Gasteiger partial charge in [-0.25, -0.2) is 0 Å². The highest BCUT2D eigenvalue weighted by atomic mass is 16.5. The second-order valence-electron chi connectivity index (χ2n) is 8.69. The van der Waals surface area contributed by atoms with Crippen molar-refractivity contribution in [1.82, 2.24) is 10.1 Å². The van der Waals surface area contributed by atoms with Crippen LogP contribution in [0.5, 0.6) is 0 Å². The number of hydrogen-bond donors (Lipinski definition) is 1. The van der Waals surface area contributed by atoms with Crippen molar-refractivity contribution in [3.8, 4) is 0 Å². The zero-order valence-electron chi connectivity index (χ0n) is 16.2. The number of amides is 2. The number of rotatable bonds is 3. The maximum absolute atomic E-state index is 13.0. The van der Waals surface area contributed by atoms with E-state index in [1.807, 2.05) is 25.7 Å². The number of nitrogens with zero attached hydrogens (tertiary/aromatic N) is 2. The first kappa shape index (κ1) is 18.9. The highest BCUT2D eigenvalue weighted by Crippen LogP contribution is 2.29. The van der Waals surface area contributed by atoms with Crippen molar-refractivity contribution in [2.24, 2.45) is 5.92 Å². The van der Waals surface area contributed by atoms with Crippen molar-refractivity contribution >= 4 is 17.6 Å². The lowest BCUT2D eigenvalue weighted by atomic mass is 9.87. The molecule has 144 valence electrons. The number of carbonyl (C=O) groups is 2. The molecule has 1 aromatic rings. The lowest BCUT2D eigenvalue weighted by Crippen LogP contribution is -2.52. The maximum atomic E-state index is 13.0. The highest BCUT2D eigenvalue weighted by molar-refractivity contribution is 5.97. The second-order valence-corrected chi connectivity index (χ2v) is 8.69. The van der Waals surface area contributed by atoms with E-state index in [0.29, 0.717) is 18.8 Å². The summed E-state index contributed by atoms with van der Waals surface area (Å²) in [5, 5.41) is 6.82. The Hall–Kier alpha value is -1.85. The van der Waals surface area contributed by atoms with Crippen LogP contribution < -0.4 is 5.32 Å². The Labute approximate surface area is 155 Å². The van der Waals surface area contributed by atoms with Crippen LogP contribution in [-0.4, -0.2) is 34.5 Å². The molecule has 0 bridgehead atoms. The van der Waals surface area contributed by atoms with Crippen LogP contribution in [0.2, 0.25) is 0 Å². The van der Waals surface area contributed by atoms with Crippen LogP contribution in [0, 0.1) is 5.92 Å². The summed E-state index contributed by atoms with van der Waals surface area (Å²) in [6, 6.07) is 1.38. The Balaban J connectivity index is 1.67. The van der Waals surface area contributed by atoms with Crippen molar-refractivity contribution in [2.75, 3.05) is 11.9 Å². The Morgan fingerprint density at radius 2 is 1.81 bits per heavy atom. The normalized spacial score (nSPS) is 22.3. The van der Waals surface area contributed by atoms with Gasteiger partial charge in [0, 0.05) is 23.9 Å². The topological polar surface area (TPSA) is 75.4 Å². The fraction of sp³-hybridized carbons (Fsp3) is 0.750. The molecule has 2 heterocycles. The Kier molecular flexibility index (Phi) is 5.68. The molecule has 26 heavy (non-hydrogen) atoms. The molecule has 0 spiro atoms. The van der Waals surface area contributed by atoms with Gasteiger partial charge in [-0.1, -0.05) is 45.2 Å². The fourth-order valence-corrected chi connectivity index (χ4v) is 3.95. The van der Waals surface area contributed by atoms with Gasteiger partial charge in [0.1, 0.15) is 11.8 Å². The van der Waals surface area contributed by atoms with Gasteiger partial charge in [-0.3, -0.25) is 9.59 Å². The molecule has 6 heteroatoms. The summed E-state index contributed by atoms with van der Waals surface area (Å²) in [6.45, 7) is 6.78. The smallest absolute Gasteiger partial charge is 0.248 e. The maximum Gasteiger partial charge on any atom is 0.248 e. The number of hydrogen-bond acceptors (Lipinski definition) is 4. The van der Waals surface area contributed by atoms with Gasteiger partial charge in [0.15, 0.2) is 5.82 Å². The quantitative estimate of drug-likeness (QED) is 0.887. The van der Waals surface area contributed by atoms with Crippen LogP contribution in [0.25, 0.3) is 0 Å². The van der Waals surface area contributed by atoms with Crippen molar-refractivity contribution in [3.05, 3.63) is 11.8 Å². The van der Waals surface area contributed by atoms with Crippen LogP contribution >= 0.6 is 0 Å². The Morgan fingerprint density at radius 1 is 1.12 bits per heavy atom. The first-order valence-electron chi connectivity index (χ1n) is 9.95. The summed E-state index contributed by atoms with van der Waals surface area (Å²) in [4.78, 5) is 27.6. The standard InChI is InChI=1S/C20H31N3O3/c1-20(2,3)16-13-17(22-26-16)21-18(24)15-11-7-8-12-23(15)19(25)14-9-5-4-6-10-14/h13-15H,4-12H2,1-3H3,(H,21,22,24). The molecule has 1 unspecified atom stereocenters. The summed E-state index contributed by atoms with van der Waals surface area (Å²) >= 11 is 0. The molecule has 1 saturated heterocycles. The molecule has 0 radical (unpaired) electrons. The Morgan fingerprint density at radius 3 is 2.46 bits per heavy atom. The SMILES string of the molecule is CC(C)(C)c1cc(NC(=O)C2CCCCN2C(=O)C2CCCCC2)no1. The average Bonchev–Trinajstić information content (AvgIpc) is 3.11. The third-order valence-electron chi connectivity index (χ3n) is 5.54. The first-order chi connectivity index (χ1) is 12.4. The molecule has 1 aromatic heterocycles. The van der Waals surface area contributed by atoms with Gasteiger partial charge in [0.2, 0.25) is 11.8 Å². The molecule has 1 N–H and O–H groups in total. The number of aromatic nitrogens is 1. The van der Waals surface area contributed by atoms with Crippen molar-refractivity contribution < 1.29 is 14.1 Å². The van der Waals surface area contributed by atoms with E-state index in [1.165, 1.54) is 6.42 Å². The third kappa shape index (κ3) is 4.27. The number of nitrogens with one attached hydrogen (secondary N) is 1. The minimum atomic E-state index is -0.395. The second kappa shape index (κ2) is 7.80. The van der Waals surface area contributed by atoms with E-state index in [9.17, 15) is 9.59 Å². The van der Waals surface area contributed by atoms with Gasteiger partial charge in [-0.2, -0.15) is 0 Å². The zero-order chi connectivity index (χ0) is 18.7. The zero-order valence-corrected chi connectivity index (χ0v) is 16.2. The van der Waals surface area contributed by atoms with E-state index in [1.54, 1.807) is 6.07 Å². The summed E-state index contributed by atoms with van der Waals surface area (Å²) in [5.74, 6) is 1.27. The summed E-state index contributed by atoms with van der Waals surface area (Å²) in [5.41, 5.74) is -0.163. The molecular weight excluding hydrogens is 330 g/mol. The molecule has 1 saturated carbocycles. The minimum absolute atomic E-state index is 0.0942. The molecule has 2 aliphatic rings. The molecule has 3 rings (SSSR count). The van der Waals surface area contributed by atoms with Crippen LogP contribution in [0.15, 0.2) is 10.6 Å². The van der Waals surface area contributed by atoms with E-state index >= 15 is 0 Å². The molecule has 1 aliphatic heterocycles. The van der Waals surface area contributed by atoms with E-state index in [0.717, 1.165) is 44.3 Å². The van der Waals surface area contributed by atoms with Gasteiger partial charge in [-0.05, 0) is 32.1 Å². The number of piperidine rings is 1. The molecule has 0 aromatic carbocycles. The van der Waals surface area contributed by atoms with Gasteiger partial charge in [0.25, 0.3) is 0 Å². The van der Waals surface area contributed by atoms with Gasteiger partial charge >= 0.3 is 0 Å². The van der Waals surface area contributed by atoms with Crippen LogP contribution in [0.4, 0.5) is 5.82 Å². The largest absolute Gasteiger partial charge is 0.359 e. The number of anilines is 1. The number of carbonyl (C=O) groups excluding carboxylic acids is 2. The van der Waals surface area contributed by atoms with Crippen LogP contribution in [0.1, 0.15) is 77.9 Å². The van der Waals surface area contributed by atoms with E-state index in [2.05, 4.69) is 10.5 Å². The molecular formula is C20H31N3O3. The molecule has 6 nitrogen and oxygen atoms in total. The summed E-state index contributed by atoms with van der Waals surface area (Å²) < 4.78 is 5.34. The lowest BCUT2D eigenvalue weighted by Gasteiger charge is -2.37. The monoisotopic (exact) mass is 361 g/mol. The van der Waals surface area contributed by atoms with E-state index < -0.39 is 6.04 Å². The van der Waals surface area contributed by atoms with E-state index in [4.69, 9.17) is 4.52 Å². The predicted molar refractivity (Wildman–Crippen MR) is 99.8 cm³/mol. The van der Waals surface area contributed by atoms with Crippen molar-refractivity contribution in [2.45, 2.75) is 83.6 Å². The van der Waals surface area contributed by atoms with Gasteiger partial charge < -0.3 is 14.7 Å². The van der Waals surface area contributed by atoms with Crippen LogP contribution in [-0.2, 0) is 15.0 Å². The molecule has 2 amide bonds. The van der Waals surface area contributed by atoms with Crippen molar-refractivity contribution in [1.29, 1.82) is 0 Å². The molecule has 2 fully saturated rings. The van der Waals surface area contributed by atoms with Gasteiger partial charge in [0.05, 0.1) is 0 Å². The highest BCUT2D eigenvalue weighted by Gasteiger charge is 2.36. The summed E-state index contributed by atoms with van der Waals surface area (Å²) in [6.07, 6.45) is 8.04. The summed E-state index contributed by atoms with van der Waals surface area (Å²) in [7, 11) is 0. The third-order valence-corrected chi connectivity index (χ3v) is 5.54. The fourth-order valence-electron chi connectivity index (χ4n) is 3.95. The predicted octanol–water partition coefficient (Wildman–Crippen LogP) is 3.87. The Bertz CT molecular complexity index is 641. The molecule has 1 atom stereocenters.